The van der Waals surface area contributed by atoms with Gasteiger partial charge in [-0.25, -0.2) is 4.98 Å². The third-order valence-electron chi connectivity index (χ3n) is 3.55. The summed E-state index contributed by atoms with van der Waals surface area (Å²) < 4.78 is 6.75. The Morgan fingerprint density at radius 3 is 3.00 bits per heavy atom. The Hall–Kier alpha value is -1.47. The first-order chi connectivity index (χ1) is 10.00. The molecule has 0 aliphatic heterocycles. The number of Topliss-reactive ketones (excluding diaryl/α,β-unsaturated/α-hetero) is 1. The van der Waals surface area contributed by atoms with Crippen LogP contribution >= 0.6 is 11.8 Å². The number of methoxy groups -OCH3 is 1. The molecule has 112 valence electrons. The molecular formula is C14H18N4O2S. The third kappa shape index (κ3) is 2.80. The summed E-state index contributed by atoms with van der Waals surface area (Å²) in [5.74, 6) is 1.49. The zero-order valence-electron chi connectivity index (χ0n) is 12.4. The van der Waals surface area contributed by atoms with Gasteiger partial charge in [0.15, 0.2) is 5.78 Å². The fourth-order valence-corrected chi connectivity index (χ4v) is 3.31. The van der Waals surface area contributed by atoms with Crippen LogP contribution < -0.4 is 0 Å². The van der Waals surface area contributed by atoms with Crippen LogP contribution in [0, 0.1) is 5.41 Å². The fourth-order valence-electron chi connectivity index (χ4n) is 2.59. The predicted octanol–water partition coefficient (Wildman–Crippen LogP) is 2.02. The van der Waals surface area contributed by atoms with Crippen molar-refractivity contribution in [2.75, 3.05) is 19.5 Å². The van der Waals surface area contributed by atoms with E-state index >= 15 is 0 Å². The highest BCUT2D eigenvalue weighted by Gasteiger charge is 2.33. The molecule has 0 spiro atoms. The second kappa shape index (κ2) is 5.38. The number of rotatable bonds is 4. The minimum absolute atomic E-state index is 0.0479. The van der Waals surface area contributed by atoms with Crippen molar-refractivity contribution in [2.45, 2.75) is 31.8 Å². The van der Waals surface area contributed by atoms with E-state index in [-0.39, 0.29) is 11.2 Å². The number of thioether (sulfide) groups is 1. The number of carbonyl (C=O) groups excluding carboxylic acids is 1. The number of hydrogen-bond acceptors (Lipinski definition) is 6. The van der Waals surface area contributed by atoms with Crippen molar-refractivity contribution in [2.24, 2.45) is 5.41 Å². The number of nitrogens with zero attached hydrogens (tertiary/aromatic N) is 4. The molecule has 0 atom stereocenters. The first-order valence-corrected chi connectivity index (χ1v) is 7.88. The Bertz CT molecular complexity index is 696. The van der Waals surface area contributed by atoms with Gasteiger partial charge in [0, 0.05) is 25.5 Å². The van der Waals surface area contributed by atoms with Gasteiger partial charge < -0.3 is 4.74 Å². The standard InChI is InChI=1S/C14H18N4O2S/c1-14(2)6-10-9(11(19)7-14)8-15-12-16-13(17-18(10)12)21-5-4-20-3/h8H,4-7H2,1-3H3. The van der Waals surface area contributed by atoms with Crippen LogP contribution in [0.2, 0.25) is 0 Å². The van der Waals surface area contributed by atoms with E-state index in [1.807, 2.05) is 0 Å². The molecule has 3 rings (SSSR count). The molecule has 21 heavy (non-hydrogen) atoms. The first-order valence-electron chi connectivity index (χ1n) is 6.90. The molecule has 0 saturated heterocycles. The van der Waals surface area contributed by atoms with Gasteiger partial charge in [0.05, 0.1) is 17.9 Å². The van der Waals surface area contributed by atoms with Gasteiger partial charge in [0.1, 0.15) is 0 Å². The van der Waals surface area contributed by atoms with E-state index in [4.69, 9.17) is 4.74 Å². The summed E-state index contributed by atoms with van der Waals surface area (Å²) in [6.45, 7) is 4.85. The smallest absolute Gasteiger partial charge is 0.253 e. The molecule has 0 amide bonds. The molecule has 0 aromatic carbocycles. The largest absolute Gasteiger partial charge is 0.384 e. The molecule has 6 nitrogen and oxygen atoms in total. The maximum Gasteiger partial charge on any atom is 0.253 e. The Kier molecular flexibility index (Phi) is 3.71. The van der Waals surface area contributed by atoms with Crippen LogP contribution in [0.1, 0.15) is 36.3 Å². The zero-order chi connectivity index (χ0) is 15.0. The topological polar surface area (TPSA) is 69.4 Å². The lowest BCUT2D eigenvalue weighted by molar-refractivity contribution is 0.0908. The number of ether oxygens (including phenoxy) is 1. The molecule has 2 aromatic heterocycles. The average Bonchev–Trinajstić information content (AvgIpc) is 2.81. The molecule has 0 saturated carbocycles. The molecule has 7 heteroatoms. The van der Waals surface area contributed by atoms with E-state index in [1.54, 1.807) is 17.8 Å². The van der Waals surface area contributed by atoms with E-state index < -0.39 is 0 Å². The maximum absolute atomic E-state index is 12.2. The van der Waals surface area contributed by atoms with Crippen LogP contribution in [0.15, 0.2) is 11.4 Å². The summed E-state index contributed by atoms with van der Waals surface area (Å²) in [5.41, 5.74) is 1.56. The molecule has 2 heterocycles. The Morgan fingerprint density at radius 2 is 2.24 bits per heavy atom. The highest BCUT2D eigenvalue weighted by Crippen LogP contribution is 2.34. The molecule has 0 unspecified atom stereocenters. The SMILES string of the molecule is COCCSc1nc2ncc3c(n2n1)CC(C)(C)CC3=O. The van der Waals surface area contributed by atoms with Crippen LogP contribution in [0.4, 0.5) is 0 Å². The quantitative estimate of drug-likeness (QED) is 0.636. The number of hydrogen-bond donors (Lipinski definition) is 0. The minimum atomic E-state index is -0.0479. The Morgan fingerprint density at radius 1 is 1.43 bits per heavy atom. The fraction of sp³-hybridized carbons (Fsp3) is 0.571. The van der Waals surface area contributed by atoms with Crippen molar-refractivity contribution < 1.29 is 9.53 Å². The number of ketones is 1. The number of fused-ring (bicyclic) bond motifs is 3. The molecule has 0 N–H and O–H groups in total. The van der Waals surface area contributed by atoms with Crippen molar-refractivity contribution in [3.05, 3.63) is 17.5 Å². The highest BCUT2D eigenvalue weighted by molar-refractivity contribution is 7.99. The van der Waals surface area contributed by atoms with Crippen LogP contribution in [0.25, 0.3) is 5.78 Å². The van der Waals surface area contributed by atoms with Crippen molar-refractivity contribution in [1.29, 1.82) is 0 Å². The van der Waals surface area contributed by atoms with Gasteiger partial charge in [0.2, 0.25) is 5.16 Å². The van der Waals surface area contributed by atoms with Gasteiger partial charge in [-0.15, -0.1) is 5.10 Å². The number of carbonyl (C=O) groups is 1. The van der Waals surface area contributed by atoms with Crippen LogP contribution in [-0.4, -0.2) is 44.8 Å². The summed E-state index contributed by atoms with van der Waals surface area (Å²) >= 11 is 1.53. The zero-order valence-corrected chi connectivity index (χ0v) is 13.2. The lowest BCUT2D eigenvalue weighted by atomic mass is 9.76. The summed E-state index contributed by atoms with van der Waals surface area (Å²) in [6, 6.07) is 0. The van der Waals surface area contributed by atoms with Crippen molar-refractivity contribution in [3.63, 3.8) is 0 Å². The van der Waals surface area contributed by atoms with E-state index in [1.165, 1.54) is 11.8 Å². The molecule has 0 radical (unpaired) electrons. The van der Waals surface area contributed by atoms with Gasteiger partial charge in [0.25, 0.3) is 5.78 Å². The molecule has 0 bridgehead atoms. The molecule has 1 aliphatic carbocycles. The minimum Gasteiger partial charge on any atom is -0.384 e. The summed E-state index contributed by atoms with van der Waals surface area (Å²) in [5, 5.41) is 5.17. The van der Waals surface area contributed by atoms with Crippen LogP contribution in [0.3, 0.4) is 0 Å². The predicted molar refractivity (Wildman–Crippen MR) is 79.8 cm³/mol. The van der Waals surface area contributed by atoms with E-state index in [2.05, 4.69) is 28.9 Å². The highest BCUT2D eigenvalue weighted by atomic mass is 32.2. The van der Waals surface area contributed by atoms with Crippen molar-refractivity contribution in [1.82, 2.24) is 19.6 Å². The van der Waals surface area contributed by atoms with Crippen LogP contribution in [-0.2, 0) is 11.2 Å². The van der Waals surface area contributed by atoms with E-state index in [0.717, 1.165) is 17.9 Å². The number of aromatic nitrogens is 4. The Labute approximate surface area is 127 Å². The lowest BCUT2D eigenvalue weighted by Gasteiger charge is -2.29. The van der Waals surface area contributed by atoms with Gasteiger partial charge >= 0.3 is 0 Å². The normalized spacial score (nSPS) is 17.2. The third-order valence-corrected chi connectivity index (χ3v) is 4.35. The monoisotopic (exact) mass is 306 g/mol. The second-order valence-electron chi connectivity index (χ2n) is 6.01. The molecular weight excluding hydrogens is 288 g/mol. The molecule has 2 aromatic rings. The van der Waals surface area contributed by atoms with Crippen molar-refractivity contribution >= 4 is 23.3 Å². The second-order valence-corrected chi connectivity index (χ2v) is 7.07. The summed E-state index contributed by atoms with van der Waals surface area (Å²) in [7, 11) is 1.67. The lowest BCUT2D eigenvalue weighted by Crippen LogP contribution is -2.29. The summed E-state index contributed by atoms with van der Waals surface area (Å²) in [6.07, 6.45) is 3.00. The van der Waals surface area contributed by atoms with Gasteiger partial charge in [-0.2, -0.15) is 9.50 Å². The van der Waals surface area contributed by atoms with Crippen LogP contribution in [0.5, 0.6) is 0 Å². The average molecular weight is 306 g/mol. The van der Waals surface area contributed by atoms with E-state index in [0.29, 0.717) is 29.5 Å². The summed E-state index contributed by atoms with van der Waals surface area (Å²) in [4.78, 5) is 20.9. The maximum atomic E-state index is 12.2. The van der Waals surface area contributed by atoms with Gasteiger partial charge in [-0.1, -0.05) is 25.6 Å². The molecule has 0 fully saturated rings. The first kappa shape index (κ1) is 14.5. The van der Waals surface area contributed by atoms with E-state index in [9.17, 15) is 4.79 Å². The van der Waals surface area contributed by atoms with Crippen molar-refractivity contribution in [3.8, 4) is 0 Å². The van der Waals surface area contributed by atoms with Gasteiger partial charge in [-0.3, -0.25) is 4.79 Å². The Balaban J connectivity index is 2.00. The molecule has 1 aliphatic rings. The van der Waals surface area contributed by atoms with Gasteiger partial charge in [-0.05, 0) is 11.8 Å².